The summed E-state index contributed by atoms with van der Waals surface area (Å²) < 4.78 is 1.06. The smallest absolute Gasteiger partial charge is 0.258 e. The molecule has 0 saturated carbocycles. The molecule has 0 fully saturated rings. The fourth-order valence-electron chi connectivity index (χ4n) is 2.50. The molecule has 3 rings (SSSR count). The lowest BCUT2D eigenvalue weighted by Gasteiger charge is -2.31. The Morgan fingerprint density at radius 3 is 2.60 bits per heavy atom. The molecule has 2 aromatic carbocycles. The first-order chi connectivity index (χ1) is 9.68. The van der Waals surface area contributed by atoms with Gasteiger partial charge in [0.25, 0.3) is 5.91 Å². The topological polar surface area (TPSA) is 20.3 Å². The van der Waals surface area contributed by atoms with E-state index in [1.807, 2.05) is 54.7 Å². The Balaban J connectivity index is 1.98. The summed E-state index contributed by atoms with van der Waals surface area (Å²) in [6.45, 7) is 2.05. The van der Waals surface area contributed by atoms with Crippen LogP contribution in [0.5, 0.6) is 0 Å². The van der Waals surface area contributed by atoms with Crippen LogP contribution in [-0.4, -0.2) is 10.8 Å². The summed E-state index contributed by atoms with van der Waals surface area (Å²) in [5.74, 6) is 0.0278. The van der Waals surface area contributed by atoms with Crippen LogP contribution in [0.2, 0.25) is 0 Å². The molecule has 100 valence electrons. The first kappa shape index (κ1) is 13.1. The molecule has 1 atom stereocenters. The van der Waals surface area contributed by atoms with E-state index in [1.165, 1.54) is 0 Å². The van der Waals surface area contributed by atoms with Gasteiger partial charge in [-0.1, -0.05) is 46.3 Å². The molecule has 1 amide bonds. The van der Waals surface area contributed by atoms with Crippen LogP contribution < -0.4 is 0 Å². The minimum Gasteiger partial charge on any atom is -0.308 e. The van der Waals surface area contributed by atoms with Crippen molar-refractivity contribution in [3.63, 3.8) is 0 Å². The Bertz CT molecular complexity index is 679. The molecule has 0 aromatic heterocycles. The zero-order valence-corrected chi connectivity index (χ0v) is 12.7. The van der Waals surface area contributed by atoms with E-state index in [0.29, 0.717) is 5.56 Å². The molecular formula is C17H14BrNO. The summed E-state index contributed by atoms with van der Waals surface area (Å²) >= 11 is 3.56. The van der Waals surface area contributed by atoms with Crippen LogP contribution in [0.1, 0.15) is 34.5 Å². The van der Waals surface area contributed by atoms with E-state index in [9.17, 15) is 4.79 Å². The van der Waals surface area contributed by atoms with Crippen molar-refractivity contribution in [2.24, 2.45) is 0 Å². The summed E-state index contributed by atoms with van der Waals surface area (Å²) in [4.78, 5) is 14.3. The van der Waals surface area contributed by atoms with Gasteiger partial charge in [-0.3, -0.25) is 4.79 Å². The highest BCUT2D eigenvalue weighted by Crippen LogP contribution is 2.34. The van der Waals surface area contributed by atoms with Gasteiger partial charge in [-0.15, -0.1) is 0 Å². The number of fused-ring (bicyclic) bond motifs is 1. The number of amides is 1. The molecule has 1 unspecified atom stereocenters. The Hall–Kier alpha value is -1.87. The Kier molecular flexibility index (Phi) is 3.45. The van der Waals surface area contributed by atoms with Crippen molar-refractivity contribution in [3.05, 3.63) is 75.9 Å². The average Bonchev–Trinajstić information content (AvgIpc) is 2.49. The number of nitrogens with zero attached hydrogens (tertiary/aromatic N) is 1. The van der Waals surface area contributed by atoms with Gasteiger partial charge in [0.15, 0.2) is 0 Å². The molecule has 1 aliphatic rings. The average molecular weight is 328 g/mol. The van der Waals surface area contributed by atoms with E-state index in [1.54, 1.807) is 4.90 Å². The number of hydrogen-bond acceptors (Lipinski definition) is 1. The van der Waals surface area contributed by atoms with Crippen molar-refractivity contribution >= 4 is 27.9 Å². The highest BCUT2D eigenvalue weighted by Gasteiger charge is 2.25. The number of carbonyl (C=O) groups is 1. The molecular weight excluding hydrogens is 314 g/mol. The summed E-state index contributed by atoms with van der Waals surface area (Å²) in [6.07, 6.45) is 3.85. The van der Waals surface area contributed by atoms with Gasteiger partial charge in [0, 0.05) is 16.2 Å². The van der Waals surface area contributed by atoms with E-state index >= 15 is 0 Å². The standard InChI is InChI=1S/C17H14BrNO/c1-12-14-8-5-9-16(18)15(14)10-11-19(12)17(20)13-6-3-2-4-7-13/h2-12H,1H3. The fourth-order valence-corrected chi connectivity index (χ4v) is 3.01. The monoisotopic (exact) mass is 327 g/mol. The first-order valence-corrected chi connectivity index (χ1v) is 7.32. The third kappa shape index (κ3) is 2.18. The van der Waals surface area contributed by atoms with E-state index in [-0.39, 0.29) is 11.9 Å². The molecule has 0 spiro atoms. The molecule has 0 N–H and O–H groups in total. The Morgan fingerprint density at radius 1 is 1.10 bits per heavy atom. The van der Waals surface area contributed by atoms with Crippen molar-refractivity contribution in [1.82, 2.24) is 4.90 Å². The molecule has 2 nitrogen and oxygen atoms in total. The number of hydrogen-bond donors (Lipinski definition) is 0. The maximum Gasteiger partial charge on any atom is 0.258 e. The van der Waals surface area contributed by atoms with E-state index < -0.39 is 0 Å². The zero-order valence-electron chi connectivity index (χ0n) is 11.1. The SMILES string of the molecule is CC1c2cccc(Br)c2C=CN1C(=O)c1ccccc1. The van der Waals surface area contributed by atoms with Crippen LogP contribution in [0, 0.1) is 0 Å². The van der Waals surface area contributed by atoms with Gasteiger partial charge in [0.1, 0.15) is 0 Å². The second-order valence-electron chi connectivity index (χ2n) is 4.81. The summed E-state index contributed by atoms with van der Waals surface area (Å²) in [5.41, 5.74) is 3.02. The van der Waals surface area contributed by atoms with Crippen LogP contribution in [0.25, 0.3) is 6.08 Å². The second kappa shape index (κ2) is 5.25. The molecule has 2 aromatic rings. The fraction of sp³-hybridized carbons (Fsp3) is 0.118. The number of carbonyl (C=O) groups excluding carboxylic acids is 1. The molecule has 3 heteroatoms. The second-order valence-corrected chi connectivity index (χ2v) is 5.67. The molecule has 0 aliphatic carbocycles. The van der Waals surface area contributed by atoms with Crippen molar-refractivity contribution in [2.75, 3.05) is 0 Å². The highest BCUT2D eigenvalue weighted by molar-refractivity contribution is 9.10. The molecule has 1 aliphatic heterocycles. The summed E-state index contributed by atoms with van der Waals surface area (Å²) in [7, 11) is 0. The van der Waals surface area contributed by atoms with Gasteiger partial charge in [0.05, 0.1) is 6.04 Å². The largest absolute Gasteiger partial charge is 0.308 e. The van der Waals surface area contributed by atoms with Crippen LogP contribution in [0.15, 0.2) is 59.2 Å². The number of halogens is 1. The predicted octanol–water partition coefficient (Wildman–Crippen LogP) is 4.64. The molecule has 0 saturated heterocycles. The summed E-state index contributed by atoms with van der Waals surface area (Å²) in [5, 5.41) is 0. The normalized spacial score (nSPS) is 16.9. The quantitative estimate of drug-likeness (QED) is 0.747. The minimum absolute atomic E-state index is 0.0278. The number of rotatable bonds is 1. The minimum atomic E-state index is 0.0278. The third-order valence-corrected chi connectivity index (χ3v) is 4.30. The molecule has 0 radical (unpaired) electrons. The van der Waals surface area contributed by atoms with Gasteiger partial charge in [0.2, 0.25) is 0 Å². The Labute approximate surface area is 126 Å². The number of benzene rings is 2. The lowest BCUT2D eigenvalue weighted by Crippen LogP contribution is -2.30. The molecule has 20 heavy (non-hydrogen) atoms. The van der Waals surface area contributed by atoms with Crippen molar-refractivity contribution in [1.29, 1.82) is 0 Å². The summed E-state index contributed by atoms with van der Waals surface area (Å²) in [6, 6.07) is 15.5. The zero-order chi connectivity index (χ0) is 14.1. The van der Waals surface area contributed by atoms with Crippen LogP contribution >= 0.6 is 15.9 Å². The lowest BCUT2D eigenvalue weighted by atomic mass is 9.97. The van der Waals surface area contributed by atoms with Crippen molar-refractivity contribution in [2.45, 2.75) is 13.0 Å². The lowest BCUT2D eigenvalue weighted by molar-refractivity contribution is 0.0776. The predicted molar refractivity (Wildman–Crippen MR) is 84.2 cm³/mol. The van der Waals surface area contributed by atoms with Gasteiger partial charge in [-0.2, -0.15) is 0 Å². The molecule has 1 heterocycles. The van der Waals surface area contributed by atoms with Crippen LogP contribution in [0.4, 0.5) is 0 Å². The maximum absolute atomic E-state index is 12.6. The van der Waals surface area contributed by atoms with E-state index in [0.717, 1.165) is 15.6 Å². The Morgan fingerprint density at radius 2 is 1.85 bits per heavy atom. The van der Waals surface area contributed by atoms with Gasteiger partial charge < -0.3 is 4.90 Å². The van der Waals surface area contributed by atoms with E-state index in [2.05, 4.69) is 28.9 Å². The maximum atomic E-state index is 12.6. The first-order valence-electron chi connectivity index (χ1n) is 6.53. The van der Waals surface area contributed by atoms with Crippen molar-refractivity contribution in [3.8, 4) is 0 Å². The van der Waals surface area contributed by atoms with Gasteiger partial charge in [-0.05, 0) is 42.3 Å². The van der Waals surface area contributed by atoms with Gasteiger partial charge >= 0.3 is 0 Å². The van der Waals surface area contributed by atoms with Crippen LogP contribution in [0.3, 0.4) is 0 Å². The highest BCUT2D eigenvalue weighted by atomic mass is 79.9. The molecule has 0 bridgehead atoms. The van der Waals surface area contributed by atoms with Crippen LogP contribution in [-0.2, 0) is 0 Å². The van der Waals surface area contributed by atoms with E-state index in [4.69, 9.17) is 0 Å². The van der Waals surface area contributed by atoms with Gasteiger partial charge in [-0.25, -0.2) is 0 Å². The third-order valence-electron chi connectivity index (χ3n) is 3.61. The van der Waals surface area contributed by atoms with Crippen molar-refractivity contribution < 1.29 is 4.79 Å².